The molecular weight excluding hydrogens is 611 g/mol. The third kappa shape index (κ3) is 8.75. The summed E-state index contributed by atoms with van der Waals surface area (Å²) in [4.78, 5) is 0. The van der Waals surface area contributed by atoms with Gasteiger partial charge >= 0.3 is 30.2 Å². The van der Waals surface area contributed by atoms with Crippen LogP contribution in [0.4, 0.5) is 0 Å². The third-order valence-corrected chi connectivity index (χ3v) is 6.13. The van der Waals surface area contributed by atoms with Crippen LogP contribution in [0.3, 0.4) is 0 Å². The average molecular weight is 643 g/mol. The van der Waals surface area contributed by atoms with Crippen molar-refractivity contribution >= 4 is 74.8 Å². The van der Waals surface area contributed by atoms with Crippen molar-refractivity contribution in [3.05, 3.63) is 152 Å². The van der Waals surface area contributed by atoms with Crippen molar-refractivity contribution in [2.75, 3.05) is 0 Å². The molecule has 0 heterocycles. The quantitative estimate of drug-likeness (QED) is 0.114. The van der Waals surface area contributed by atoms with Gasteiger partial charge in [-0.3, -0.25) is 0 Å². The van der Waals surface area contributed by atoms with Gasteiger partial charge in [0, 0.05) is 0 Å². The molecule has 0 unspecified atom stereocenters. The molecule has 0 aliphatic rings. The maximum atomic E-state index is 3.06. The molecule has 39 heavy (non-hydrogen) atoms. The molecule has 7 aromatic rings. The molecule has 0 saturated heterocycles. The second-order valence-corrected chi connectivity index (χ2v) is 8.72. The summed E-state index contributed by atoms with van der Waals surface area (Å²) >= 11 is 1.36. The third-order valence-electron chi connectivity index (χ3n) is 6.13. The van der Waals surface area contributed by atoms with Crippen molar-refractivity contribution in [3.8, 4) is 0 Å². The summed E-state index contributed by atoms with van der Waals surface area (Å²) < 4.78 is 0. The number of hydrogen-bond donors (Lipinski definition) is 0. The zero-order valence-corrected chi connectivity index (χ0v) is 27.5. The van der Waals surface area contributed by atoms with Gasteiger partial charge < -0.3 is 7.43 Å². The van der Waals surface area contributed by atoms with Gasteiger partial charge in [-0.1, -0.05) is 96.1 Å². The number of fused-ring (bicyclic) bond motifs is 6. The van der Waals surface area contributed by atoms with Gasteiger partial charge in [0.05, 0.1) is 0 Å². The predicted molar refractivity (Wildman–Crippen MR) is 176 cm³/mol. The van der Waals surface area contributed by atoms with Crippen LogP contribution in [0.25, 0.3) is 43.1 Å². The number of benzene rings is 5. The topological polar surface area (TPSA) is 0 Å². The fraction of sp³-hybridized carbons (Fsp3) is 0.0571. The van der Waals surface area contributed by atoms with Crippen LogP contribution in [0.5, 0.6) is 0 Å². The molecule has 7 rings (SSSR count). The minimum atomic E-state index is 0. The Kier molecular flexibility index (Phi) is 15.3. The molecule has 7 aromatic carbocycles. The fourth-order valence-corrected chi connectivity index (χ4v) is 4.57. The van der Waals surface area contributed by atoms with Gasteiger partial charge in [-0.15, -0.1) is 81.8 Å². The van der Waals surface area contributed by atoms with Crippen LogP contribution < -0.4 is 0 Å². The van der Waals surface area contributed by atoms with Gasteiger partial charge in [-0.25, -0.2) is 0 Å². The van der Waals surface area contributed by atoms with E-state index in [2.05, 4.69) is 124 Å². The summed E-state index contributed by atoms with van der Waals surface area (Å²) in [5.41, 5.74) is 2.69. The van der Waals surface area contributed by atoms with Crippen molar-refractivity contribution < 1.29 is 23.3 Å². The molecule has 0 N–H and O–H groups in total. The maximum absolute atomic E-state index is 3.06. The zero-order chi connectivity index (χ0) is 25.3. The maximum Gasteiger partial charge on any atom is -0.171 e. The number of halogens is 2. The van der Waals surface area contributed by atoms with E-state index in [1.807, 2.05) is 30.3 Å². The Bertz CT molecular complexity index is 1560. The van der Waals surface area contributed by atoms with Crippen molar-refractivity contribution in [3.63, 3.8) is 0 Å². The van der Waals surface area contributed by atoms with Crippen molar-refractivity contribution in [2.45, 2.75) is 13.8 Å². The minimum Gasteiger partial charge on any atom is -0.184 e. The largest absolute Gasteiger partial charge is 0.184 e. The second kappa shape index (κ2) is 17.3. The first-order chi connectivity index (χ1) is 17.7. The summed E-state index contributed by atoms with van der Waals surface area (Å²) in [7, 11) is 0. The van der Waals surface area contributed by atoms with E-state index in [0.717, 1.165) is 0 Å². The van der Waals surface area contributed by atoms with Gasteiger partial charge in [0.15, 0.2) is 0 Å². The monoisotopic (exact) mass is 640 g/mol. The van der Waals surface area contributed by atoms with Crippen molar-refractivity contribution in [1.29, 1.82) is 0 Å². The molecular formula is C35H32Cl2SiZr-4. The molecule has 4 heteroatoms. The predicted octanol–water partition coefficient (Wildman–Crippen LogP) is 10.4. The summed E-state index contributed by atoms with van der Waals surface area (Å²) in [5.74, 6) is 0. The summed E-state index contributed by atoms with van der Waals surface area (Å²) in [6, 6.07) is 47.4. The normalized spacial score (nSPS) is 9.36. The zero-order valence-electron chi connectivity index (χ0n) is 22.4. The molecule has 0 spiro atoms. The first-order valence-electron chi connectivity index (χ1n) is 11.9. The Labute approximate surface area is 262 Å². The summed E-state index contributed by atoms with van der Waals surface area (Å²) in [6.45, 7) is 7.36. The van der Waals surface area contributed by atoms with E-state index >= 15 is 0 Å². The van der Waals surface area contributed by atoms with E-state index in [4.69, 9.17) is 0 Å². The second-order valence-electron chi connectivity index (χ2n) is 8.72. The minimum absolute atomic E-state index is 0. The van der Waals surface area contributed by atoms with Crippen LogP contribution in [0.1, 0.15) is 11.1 Å². The Morgan fingerprint density at radius 2 is 0.923 bits per heavy atom. The van der Waals surface area contributed by atoms with E-state index in [1.165, 1.54) is 77.6 Å². The fourth-order valence-electron chi connectivity index (χ4n) is 4.57. The molecule has 0 nitrogen and oxygen atoms in total. The molecule has 0 bridgehead atoms. The Morgan fingerprint density at radius 1 is 0.538 bits per heavy atom. The molecule has 0 aromatic heterocycles. The average Bonchev–Trinajstić information content (AvgIpc) is 3.53. The van der Waals surface area contributed by atoms with Gasteiger partial charge in [0.25, 0.3) is 0 Å². The summed E-state index contributed by atoms with van der Waals surface area (Å²) in [5, 5.41) is 10.8. The molecule has 0 atom stereocenters. The molecule has 0 aliphatic carbocycles. The Morgan fingerprint density at radius 3 is 1.28 bits per heavy atom. The van der Waals surface area contributed by atoms with E-state index in [-0.39, 0.29) is 32.2 Å². The number of aryl methyl sites for hydroxylation is 2. The van der Waals surface area contributed by atoms with Gasteiger partial charge in [0.1, 0.15) is 0 Å². The van der Waals surface area contributed by atoms with Crippen molar-refractivity contribution in [1.82, 2.24) is 0 Å². The van der Waals surface area contributed by atoms with Crippen LogP contribution in [-0.4, -0.2) is 6.88 Å². The number of hydrogen-bond acceptors (Lipinski definition) is 0. The molecule has 198 valence electrons. The van der Waals surface area contributed by atoms with Gasteiger partial charge in [-0.05, 0) is 0 Å². The van der Waals surface area contributed by atoms with E-state index < -0.39 is 0 Å². The Balaban J connectivity index is 0.000000290. The first-order valence-corrected chi connectivity index (χ1v) is 16.1. The standard InChI is InChI=1S/2C14H11.C6H5.CH3.2ClH.Si.Zr/c2*1-10-8-12-7-6-11-4-2-3-5-13(11)14(12)9-10;1-2-4-6-5-3-1;;;;;/h2*2-9H,1H3;1-5H;1H3;2*1H;;/q4*-1;;;;. The Hall–Kier alpha value is -2.48. The van der Waals surface area contributed by atoms with Crippen LogP contribution in [0.2, 0.25) is 0 Å². The smallest absolute Gasteiger partial charge is 0.171 e. The van der Waals surface area contributed by atoms with Crippen LogP contribution in [-0.2, 0) is 23.3 Å². The SMILES string of the molecule is Cc1cc2ccc3ccccc3c2[cH-]1.Cc1cc2ccc3ccccc3c2[cH-]1.Cl.Cl.[CH3-].[Si]=[Zr].[c-]1ccccc1. The first kappa shape index (κ1) is 34.5. The van der Waals surface area contributed by atoms with Gasteiger partial charge in [0.2, 0.25) is 0 Å². The van der Waals surface area contributed by atoms with Crippen LogP contribution in [0.15, 0.2) is 127 Å². The molecule has 0 fully saturated rings. The summed E-state index contributed by atoms with van der Waals surface area (Å²) in [6.07, 6.45) is 0. The van der Waals surface area contributed by atoms with Crippen molar-refractivity contribution in [2.24, 2.45) is 0 Å². The number of rotatable bonds is 0. The molecule has 0 amide bonds. The van der Waals surface area contributed by atoms with Crippen LogP contribution >= 0.6 is 24.8 Å². The van der Waals surface area contributed by atoms with E-state index in [0.29, 0.717) is 0 Å². The van der Waals surface area contributed by atoms with Crippen LogP contribution in [0, 0.1) is 27.3 Å². The molecule has 2 radical (unpaired) electrons. The van der Waals surface area contributed by atoms with E-state index in [1.54, 1.807) is 0 Å². The van der Waals surface area contributed by atoms with E-state index in [9.17, 15) is 0 Å². The molecule has 0 aliphatic heterocycles. The van der Waals surface area contributed by atoms with Gasteiger partial charge in [-0.2, -0.15) is 48.5 Å². The molecule has 0 saturated carbocycles.